The standard InChI is InChI=1S/C16H19NO5/c1-16(15(19)20,11-4-5-11)17-14(18)10-3-6-12-13(9-10)22-8-2-7-21-12/h3,6,9,11H,2,4-5,7-8H2,1H3,(H,17,18)(H,19,20)/t16-/m1/s1. The molecule has 1 saturated carbocycles. The largest absolute Gasteiger partial charge is 0.490 e. The Morgan fingerprint density at radius 2 is 1.91 bits per heavy atom. The Labute approximate surface area is 128 Å². The number of aliphatic carboxylic acids is 1. The average molecular weight is 305 g/mol. The van der Waals surface area contributed by atoms with Crippen LogP contribution in [0.5, 0.6) is 11.5 Å². The number of benzene rings is 1. The first-order chi connectivity index (χ1) is 10.5. The highest BCUT2D eigenvalue weighted by molar-refractivity contribution is 5.98. The number of fused-ring (bicyclic) bond motifs is 1. The van der Waals surface area contributed by atoms with Crippen molar-refractivity contribution in [2.75, 3.05) is 13.2 Å². The van der Waals surface area contributed by atoms with Crippen molar-refractivity contribution in [2.24, 2.45) is 5.92 Å². The number of amides is 1. The predicted octanol–water partition coefficient (Wildman–Crippen LogP) is 1.83. The van der Waals surface area contributed by atoms with Gasteiger partial charge in [-0.25, -0.2) is 4.79 Å². The number of carboxylic acid groups (broad SMARTS) is 1. The summed E-state index contributed by atoms with van der Waals surface area (Å²) in [5.41, 5.74) is -0.848. The Morgan fingerprint density at radius 3 is 2.55 bits per heavy atom. The number of ether oxygens (including phenoxy) is 2. The Bertz CT molecular complexity index is 611. The van der Waals surface area contributed by atoms with E-state index in [1.54, 1.807) is 25.1 Å². The van der Waals surface area contributed by atoms with Crippen LogP contribution in [0.4, 0.5) is 0 Å². The van der Waals surface area contributed by atoms with E-state index in [0.29, 0.717) is 30.3 Å². The van der Waals surface area contributed by atoms with Crippen molar-refractivity contribution in [1.82, 2.24) is 5.32 Å². The van der Waals surface area contributed by atoms with Gasteiger partial charge in [-0.3, -0.25) is 4.79 Å². The predicted molar refractivity (Wildman–Crippen MR) is 78.3 cm³/mol. The van der Waals surface area contributed by atoms with Gasteiger partial charge in [-0.1, -0.05) is 0 Å². The van der Waals surface area contributed by atoms with Gasteiger partial charge >= 0.3 is 5.97 Å². The third kappa shape index (κ3) is 2.73. The van der Waals surface area contributed by atoms with Gasteiger partial charge in [0.05, 0.1) is 13.2 Å². The zero-order valence-corrected chi connectivity index (χ0v) is 12.4. The van der Waals surface area contributed by atoms with Gasteiger partial charge in [0, 0.05) is 12.0 Å². The lowest BCUT2D eigenvalue weighted by molar-refractivity contribution is -0.144. The maximum Gasteiger partial charge on any atom is 0.329 e. The Kier molecular flexibility index (Phi) is 3.68. The van der Waals surface area contributed by atoms with Crippen LogP contribution in [0.25, 0.3) is 0 Å². The van der Waals surface area contributed by atoms with E-state index in [4.69, 9.17) is 9.47 Å². The molecule has 0 bridgehead atoms. The summed E-state index contributed by atoms with van der Waals surface area (Å²) < 4.78 is 11.1. The molecule has 1 heterocycles. The van der Waals surface area contributed by atoms with Crippen LogP contribution in [0, 0.1) is 5.92 Å². The Balaban J connectivity index is 1.80. The van der Waals surface area contributed by atoms with Crippen LogP contribution >= 0.6 is 0 Å². The lowest BCUT2D eigenvalue weighted by Crippen LogP contribution is -2.54. The summed E-state index contributed by atoms with van der Waals surface area (Å²) in [4.78, 5) is 23.9. The molecule has 1 aliphatic carbocycles. The van der Waals surface area contributed by atoms with Crippen LogP contribution in [0.1, 0.15) is 36.5 Å². The molecule has 3 rings (SSSR count). The molecule has 6 heteroatoms. The zero-order valence-electron chi connectivity index (χ0n) is 12.4. The van der Waals surface area contributed by atoms with E-state index in [0.717, 1.165) is 19.3 Å². The Hall–Kier alpha value is -2.24. The molecule has 118 valence electrons. The second-order valence-corrected chi connectivity index (χ2v) is 5.95. The highest BCUT2D eigenvalue weighted by atomic mass is 16.5. The van der Waals surface area contributed by atoms with E-state index in [-0.39, 0.29) is 5.92 Å². The fourth-order valence-electron chi connectivity index (χ4n) is 2.60. The second kappa shape index (κ2) is 5.51. The number of nitrogens with one attached hydrogen (secondary N) is 1. The van der Waals surface area contributed by atoms with Crippen LogP contribution in [0.15, 0.2) is 18.2 Å². The van der Waals surface area contributed by atoms with E-state index in [1.807, 2.05) is 0 Å². The van der Waals surface area contributed by atoms with E-state index >= 15 is 0 Å². The van der Waals surface area contributed by atoms with E-state index in [2.05, 4.69) is 5.32 Å². The summed E-state index contributed by atoms with van der Waals surface area (Å²) in [7, 11) is 0. The van der Waals surface area contributed by atoms with Gasteiger partial charge in [0.1, 0.15) is 5.54 Å². The van der Waals surface area contributed by atoms with Crippen molar-refractivity contribution >= 4 is 11.9 Å². The quantitative estimate of drug-likeness (QED) is 0.886. The molecule has 22 heavy (non-hydrogen) atoms. The molecule has 1 aliphatic heterocycles. The van der Waals surface area contributed by atoms with Crippen molar-refractivity contribution in [3.63, 3.8) is 0 Å². The van der Waals surface area contributed by atoms with Gasteiger partial charge in [0.25, 0.3) is 5.91 Å². The first kappa shape index (κ1) is 14.7. The molecule has 0 radical (unpaired) electrons. The molecular formula is C16H19NO5. The van der Waals surface area contributed by atoms with Crippen molar-refractivity contribution in [3.05, 3.63) is 23.8 Å². The molecule has 6 nitrogen and oxygen atoms in total. The maximum atomic E-state index is 12.4. The first-order valence-electron chi connectivity index (χ1n) is 7.46. The number of carboxylic acids is 1. The molecule has 2 aliphatic rings. The molecular weight excluding hydrogens is 286 g/mol. The molecule has 0 unspecified atom stereocenters. The van der Waals surface area contributed by atoms with Gasteiger partial charge in [-0.05, 0) is 43.9 Å². The molecule has 1 aromatic rings. The van der Waals surface area contributed by atoms with Crippen LogP contribution < -0.4 is 14.8 Å². The highest BCUT2D eigenvalue weighted by Gasteiger charge is 2.48. The lowest BCUT2D eigenvalue weighted by Gasteiger charge is -2.26. The number of hydrogen-bond acceptors (Lipinski definition) is 4. The van der Waals surface area contributed by atoms with Crippen molar-refractivity contribution < 1.29 is 24.2 Å². The molecule has 0 saturated heterocycles. The minimum absolute atomic E-state index is 0.00522. The summed E-state index contributed by atoms with van der Waals surface area (Å²) >= 11 is 0. The maximum absolute atomic E-state index is 12.4. The van der Waals surface area contributed by atoms with Gasteiger partial charge in [-0.2, -0.15) is 0 Å². The topological polar surface area (TPSA) is 84.9 Å². The molecule has 1 amide bonds. The molecule has 1 atom stereocenters. The third-order valence-electron chi connectivity index (χ3n) is 4.22. The van der Waals surface area contributed by atoms with E-state index in [9.17, 15) is 14.7 Å². The van der Waals surface area contributed by atoms with Gasteiger partial charge < -0.3 is 19.9 Å². The van der Waals surface area contributed by atoms with E-state index < -0.39 is 17.4 Å². The smallest absolute Gasteiger partial charge is 0.329 e. The summed E-state index contributed by atoms with van der Waals surface area (Å²) in [6, 6.07) is 4.91. The fourth-order valence-corrected chi connectivity index (χ4v) is 2.60. The average Bonchev–Trinajstić information content (AvgIpc) is 3.33. The van der Waals surface area contributed by atoms with Gasteiger partial charge in [0.15, 0.2) is 11.5 Å². The van der Waals surface area contributed by atoms with E-state index in [1.165, 1.54) is 0 Å². The number of carbonyl (C=O) groups excluding carboxylic acids is 1. The lowest BCUT2D eigenvalue weighted by atomic mass is 9.95. The third-order valence-corrected chi connectivity index (χ3v) is 4.22. The molecule has 2 N–H and O–H groups in total. The molecule has 0 spiro atoms. The van der Waals surface area contributed by atoms with Crippen molar-refractivity contribution in [1.29, 1.82) is 0 Å². The van der Waals surface area contributed by atoms with Gasteiger partial charge in [0.2, 0.25) is 0 Å². The van der Waals surface area contributed by atoms with Crippen molar-refractivity contribution in [3.8, 4) is 11.5 Å². The minimum atomic E-state index is -1.22. The molecule has 1 fully saturated rings. The summed E-state index contributed by atoms with van der Waals surface area (Å²) in [6.45, 7) is 2.68. The first-order valence-corrected chi connectivity index (χ1v) is 7.46. The van der Waals surface area contributed by atoms with Crippen LogP contribution in [0.3, 0.4) is 0 Å². The molecule has 1 aromatic carbocycles. The minimum Gasteiger partial charge on any atom is -0.490 e. The monoisotopic (exact) mass is 305 g/mol. The van der Waals surface area contributed by atoms with Crippen LogP contribution in [0.2, 0.25) is 0 Å². The second-order valence-electron chi connectivity index (χ2n) is 5.95. The number of hydrogen-bond donors (Lipinski definition) is 2. The Morgan fingerprint density at radius 1 is 1.23 bits per heavy atom. The van der Waals surface area contributed by atoms with Crippen LogP contribution in [-0.4, -0.2) is 35.7 Å². The van der Waals surface area contributed by atoms with Gasteiger partial charge in [-0.15, -0.1) is 0 Å². The SMILES string of the molecule is C[C@](NC(=O)c1ccc2c(c1)OCCCO2)(C(=O)O)C1CC1. The van der Waals surface area contributed by atoms with Crippen LogP contribution in [-0.2, 0) is 4.79 Å². The number of carbonyl (C=O) groups is 2. The number of rotatable bonds is 4. The summed E-state index contributed by atoms with van der Waals surface area (Å²) in [6.07, 6.45) is 2.43. The summed E-state index contributed by atoms with van der Waals surface area (Å²) in [5.74, 6) is -0.287. The van der Waals surface area contributed by atoms with Crippen molar-refractivity contribution in [2.45, 2.75) is 31.7 Å². The summed E-state index contributed by atoms with van der Waals surface area (Å²) in [5, 5.41) is 12.1. The fraction of sp³-hybridized carbons (Fsp3) is 0.500. The zero-order chi connectivity index (χ0) is 15.7. The highest BCUT2D eigenvalue weighted by Crippen LogP contribution is 2.40. The molecule has 0 aromatic heterocycles. The normalized spacial score (nSPS) is 19.7.